The van der Waals surface area contributed by atoms with Gasteiger partial charge < -0.3 is 15.0 Å². The number of carbonyl (C=O) groups is 1. The molecular formula is C18H35IN4O2. The maximum atomic E-state index is 12.0. The normalized spacial score (nSPS) is 21.0. The Hall–Kier alpha value is -0.570. The summed E-state index contributed by atoms with van der Waals surface area (Å²) in [5, 5.41) is 3.39. The molecule has 1 heterocycles. The minimum atomic E-state index is -0.0658. The summed E-state index contributed by atoms with van der Waals surface area (Å²) in [6.07, 6.45) is 4.60. The summed E-state index contributed by atoms with van der Waals surface area (Å²) in [5.41, 5.74) is 0. The molecule has 0 bridgehead atoms. The number of piperidine rings is 1. The zero-order chi connectivity index (χ0) is 17.4. The highest BCUT2D eigenvalue weighted by molar-refractivity contribution is 14.0. The largest absolute Gasteiger partial charge is 0.466 e. The Bertz CT molecular complexity index is 429. The van der Waals surface area contributed by atoms with Gasteiger partial charge >= 0.3 is 5.97 Å². The quantitative estimate of drug-likeness (QED) is 0.258. The second kappa shape index (κ2) is 11.9. The molecule has 1 saturated carbocycles. The van der Waals surface area contributed by atoms with Gasteiger partial charge in [-0.15, -0.1) is 24.0 Å². The molecular weight excluding hydrogens is 431 g/mol. The number of hydrogen-bond donors (Lipinski definition) is 1. The maximum absolute atomic E-state index is 12.0. The van der Waals surface area contributed by atoms with Gasteiger partial charge in [-0.3, -0.25) is 14.7 Å². The van der Waals surface area contributed by atoms with Gasteiger partial charge in [-0.1, -0.05) is 6.92 Å². The molecule has 0 spiro atoms. The van der Waals surface area contributed by atoms with E-state index in [2.05, 4.69) is 29.0 Å². The van der Waals surface area contributed by atoms with Crippen LogP contribution in [0.3, 0.4) is 0 Å². The van der Waals surface area contributed by atoms with Crippen molar-refractivity contribution in [3.63, 3.8) is 0 Å². The monoisotopic (exact) mass is 466 g/mol. The predicted molar refractivity (Wildman–Crippen MR) is 113 cm³/mol. The number of aliphatic imine (C=N–C) groups is 1. The van der Waals surface area contributed by atoms with Gasteiger partial charge in [0.25, 0.3) is 0 Å². The van der Waals surface area contributed by atoms with E-state index in [1.54, 1.807) is 0 Å². The third-order valence-electron chi connectivity index (χ3n) is 4.79. The smallest absolute Gasteiger partial charge is 0.310 e. The lowest BCUT2D eigenvalue weighted by Crippen LogP contribution is -2.48. The van der Waals surface area contributed by atoms with E-state index in [0.29, 0.717) is 13.2 Å². The SMILES string of the molecule is CCNC(=NCCN(CC)C1CC1)N1CCCC(C(=O)OCC)C1.I. The highest BCUT2D eigenvalue weighted by Crippen LogP contribution is 2.26. The van der Waals surface area contributed by atoms with Crippen LogP contribution in [0.15, 0.2) is 4.99 Å². The van der Waals surface area contributed by atoms with Crippen molar-refractivity contribution in [3.8, 4) is 0 Å². The molecule has 2 rings (SSSR count). The number of hydrogen-bond acceptors (Lipinski definition) is 4. The third-order valence-corrected chi connectivity index (χ3v) is 4.79. The van der Waals surface area contributed by atoms with Gasteiger partial charge in [0.1, 0.15) is 0 Å². The van der Waals surface area contributed by atoms with Crippen LogP contribution in [0.25, 0.3) is 0 Å². The number of rotatable bonds is 8. The van der Waals surface area contributed by atoms with E-state index in [4.69, 9.17) is 9.73 Å². The topological polar surface area (TPSA) is 57.2 Å². The summed E-state index contributed by atoms with van der Waals surface area (Å²) in [6.45, 7) is 12.1. The van der Waals surface area contributed by atoms with E-state index >= 15 is 0 Å². The lowest BCUT2D eigenvalue weighted by molar-refractivity contribution is -0.149. The molecule has 0 radical (unpaired) electrons. The van der Waals surface area contributed by atoms with Gasteiger partial charge in [0.05, 0.1) is 19.1 Å². The van der Waals surface area contributed by atoms with E-state index in [0.717, 1.165) is 57.6 Å². The van der Waals surface area contributed by atoms with Crippen LogP contribution in [0.2, 0.25) is 0 Å². The molecule has 0 aromatic carbocycles. The van der Waals surface area contributed by atoms with Crippen molar-refractivity contribution in [3.05, 3.63) is 0 Å². The Morgan fingerprint density at radius 3 is 2.64 bits per heavy atom. The number of esters is 1. The van der Waals surface area contributed by atoms with Crippen molar-refractivity contribution in [1.82, 2.24) is 15.1 Å². The van der Waals surface area contributed by atoms with Crippen LogP contribution in [0.4, 0.5) is 0 Å². The lowest BCUT2D eigenvalue weighted by atomic mass is 9.98. The molecule has 0 aromatic heterocycles. The highest BCUT2D eigenvalue weighted by Gasteiger charge is 2.29. The number of carbonyl (C=O) groups excluding carboxylic acids is 1. The lowest BCUT2D eigenvalue weighted by Gasteiger charge is -2.34. The molecule has 7 heteroatoms. The molecule has 1 aliphatic carbocycles. The van der Waals surface area contributed by atoms with Crippen LogP contribution in [0.5, 0.6) is 0 Å². The van der Waals surface area contributed by atoms with E-state index < -0.39 is 0 Å². The van der Waals surface area contributed by atoms with Gasteiger partial charge in [-0.2, -0.15) is 0 Å². The highest BCUT2D eigenvalue weighted by atomic mass is 127. The number of likely N-dealkylation sites (tertiary alicyclic amines) is 1. The number of guanidine groups is 1. The van der Waals surface area contributed by atoms with Crippen molar-refractivity contribution in [1.29, 1.82) is 0 Å². The van der Waals surface area contributed by atoms with Crippen molar-refractivity contribution in [2.24, 2.45) is 10.9 Å². The molecule has 2 fully saturated rings. The van der Waals surface area contributed by atoms with Crippen molar-refractivity contribution >= 4 is 35.9 Å². The minimum absolute atomic E-state index is 0. The Kier molecular flexibility index (Phi) is 10.7. The van der Waals surface area contributed by atoms with Gasteiger partial charge in [0.2, 0.25) is 0 Å². The summed E-state index contributed by atoms with van der Waals surface area (Å²) >= 11 is 0. The molecule has 0 amide bonds. The molecule has 2 aliphatic rings. The van der Waals surface area contributed by atoms with E-state index in [1.807, 2.05) is 6.92 Å². The number of nitrogens with zero attached hydrogens (tertiary/aromatic N) is 3. The molecule has 1 saturated heterocycles. The zero-order valence-electron chi connectivity index (χ0n) is 16.0. The standard InChI is InChI=1S/C18H34N4O2.HI/c1-4-19-18(20-11-13-21(5-2)16-9-10-16)22-12-7-8-15(14-22)17(23)24-6-3;/h15-16H,4-14H2,1-3H3,(H,19,20);1H. The third kappa shape index (κ3) is 7.29. The molecule has 1 aliphatic heterocycles. The molecule has 1 N–H and O–H groups in total. The first-order valence-electron chi connectivity index (χ1n) is 9.63. The minimum Gasteiger partial charge on any atom is -0.466 e. The Morgan fingerprint density at radius 2 is 2.04 bits per heavy atom. The number of halogens is 1. The summed E-state index contributed by atoms with van der Waals surface area (Å²) < 4.78 is 5.20. The number of likely N-dealkylation sites (N-methyl/N-ethyl adjacent to an activating group) is 1. The first-order valence-corrected chi connectivity index (χ1v) is 9.63. The number of nitrogens with one attached hydrogen (secondary N) is 1. The molecule has 6 nitrogen and oxygen atoms in total. The van der Waals surface area contributed by atoms with Crippen molar-refractivity contribution < 1.29 is 9.53 Å². The second-order valence-corrected chi connectivity index (χ2v) is 6.63. The van der Waals surface area contributed by atoms with Crippen molar-refractivity contribution in [2.75, 3.05) is 45.9 Å². The summed E-state index contributed by atoms with van der Waals surface area (Å²) in [6, 6.07) is 0.788. The van der Waals surface area contributed by atoms with Gasteiger partial charge in [-0.25, -0.2) is 0 Å². The first-order chi connectivity index (χ1) is 11.7. The fourth-order valence-electron chi connectivity index (χ4n) is 3.37. The van der Waals surface area contributed by atoms with Gasteiger partial charge in [-0.05, 0) is 46.1 Å². The second-order valence-electron chi connectivity index (χ2n) is 6.63. The van der Waals surface area contributed by atoms with Crippen LogP contribution in [-0.4, -0.2) is 73.6 Å². The average molecular weight is 466 g/mol. The molecule has 25 heavy (non-hydrogen) atoms. The molecule has 1 unspecified atom stereocenters. The number of ether oxygens (including phenoxy) is 1. The fraction of sp³-hybridized carbons (Fsp3) is 0.889. The van der Waals surface area contributed by atoms with E-state index in [1.165, 1.54) is 12.8 Å². The molecule has 146 valence electrons. The summed E-state index contributed by atoms with van der Waals surface area (Å²) in [7, 11) is 0. The van der Waals surface area contributed by atoms with Crippen LogP contribution < -0.4 is 5.32 Å². The summed E-state index contributed by atoms with van der Waals surface area (Å²) in [4.78, 5) is 21.6. The van der Waals surface area contributed by atoms with Crippen LogP contribution >= 0.6 is 24.0 Å². The Morgan fingerprint density at radius 1 is 1.28 bits per heavy atom. The van der Waals surface area contributed by atoms with Crippen molar-refractivity contribution in [2.45, 2.75) is 52.5 Å². The predicted octanol–water partition coefficient (Wildman–Crippen LogP) is 2.33. The van der Waals surface area contributed by atoms with Crippen LogP contribution in [-0.2, 0) is 9.53 Å². The Labute approximate surface area is 169 Å². The van der Waals surface area contributed by atoms with E-state index in [9.17, 15) is 4.79 Å². The van der Waals surface area contributed by atoms with E-state index in [-0.39, 0.29) is 35.9 Å². The fourth-order valence-corrected chi connectivity index (χ4v) is 3.37. The van der Waals surface area contributed by atoms with Gasteiger partial charge in [0.15, 0.2) is 5.96 Å². The summed E-state index contributed by atoms with van der Waals surface area (Å²) in [5.74, 6) is 0.850. The van der Waals surface area contributed by atoms with Gasteiger partial charge in [0, 0.05) is 32.2 Å². The zero-order valence-corrected chi connectivity index (χ0v) is 18.3. The maximum Gasteiger partial charge on any atom is 0.310 e. The Balaban J connectivity index is 0.00000312. The molecule has 1 atom stereocenters. The van der Waals surface area contributed by atoms with Crippen LogP contribution in [0.1, 0.15) is 46.5 Å². The van der Waals surface area contributed by atoms with Crippen LogP contribution in [0, 0.1) is 5.92 Å². The first kappa shape index (κ1) is 22.5. The molecule has 0 aromatic rings. The average Bonchev–Trinajstić information content (AvgIpc) is 3.43.